The van der Waals surface area contributed by atoms with Crippen LogP contribution in [0.1, 0.15) is 0 Å². The summed E-state index contributed by atoms with van der Waals surface area (Å²) in [5.74, 6) is -0.566. The van der Waals surface area contributed by atoms with E-state index in [0.29, 0.717) is 0 Å². The van der Waals surface area contributed by atoms with Gasteiger partial charge < -0.3 is 0 Å². The Morgan fingerprint density at radius 3 is 2.12 bits per heavy atom. The van der Waals surface area contributed by atoms with Crippen LogP contribution in [0.2, 0.25) is 0 Å². The lowest BCUT2D eigenvalue weighted by Gasteiger charge is -1.99. The van der Waals surface area contributed by atoms with E-state index in [-0.39, 0.29) is 5.69 Å². The molecule has 1 aromatic rings. The minimum absolute atomic E-state index is 0.0209. The Bertz CT molecular complexity index is 556. The zero-order valence-corrected chi connectivity index (χ0v) is 8.76. The maximum Gasteiger partial charge on any atom is 0.519 e. The van der Waals surface area contributed by atoms with E-state index in [0.717, 1.165) is 24.3 Å². The molecule has 1 aromatic carbocycles. The molecule has 0 aliphatic heterocycles. The highest BCUT2D eigenvalue weighted by Gasteiger charge is 2.46. The molecule has 0 unspecified atom stereocenters. The van der Waals surface area contributed by atoms with Crippen LogP contribution >= 0.6 is 0 Å². The van der Waals surface area contributed by atoms with Crippen LogP contribution in [0.4, 0.5) is 23.2 Å². The second-order valence-electron chi connectivity index (χ2n) is 2.70. The fourth-order valence-electron chi connectivity index (χ4n) is 0.699. The predicted molar refractivity (Wildman–Crippen MR) is 50.9 cm³/mol. The molecule has 0 aliphatic carbocycles. The third kappa shape index (κ3) is 3.65. The average Bonchev–Trinajstić information content (AvgIpc) is 2.19. The first-order valence-corrected chi connectivity index (χ1v) is 5.41. The van der Waals surface area contributed by atoms with E-state index in [1.54, 1.807) is 0 Å². The van der Waals surface area contributed by atoms with E-state index in [1.807, 2.05) is 0 Å². The predicted octanol–water partition coefficient (Wildman–Crippen LogP) is 2.48. The molecule has 0 saturated carbocycles. The van der Waals surface area contributed by atoms with Crippen LogP contribution in [0.5, 0.6) is 0 Å². The number of hydrogen-bond donors (Lipinski definition) is 0. The fraction of sp³-hybridized carbons (Fsp3) is 0.125. The van der Waals surface area contributed by atoms with E-state index < -0.39 is 21.3 Å². The largest absolute Gasteiger partial charge is 0.519 e. The van der Waals surface area contributed by atoms with E-state index in [1.165, 1.54) is 6.01 Å². The van der Waals surface area contributed by atoms with Gasteiger partial charge in [-0.05, 0) is 24.3 Å². The third-order valence-corrected chi connectivity index (χ3v) is 2.37. The van der Waals surface area contributed by atoms with Crippen molar-refractivity contribution in [1.82, 2.24) is 0 Å². The van der Waals surface area contributed by atoms with Crippen molar-refractivity contribution >= 4 is 21.7 Å². The number of aliphatic imine (C=N–C) groups is 1. The highest BCUT2D eigenvalue weighted by atomic mass is 32.2. The first-order chi connectivity index (χ1) is 7.72. The SMILES string of the molecule is O=S(=O)(N=C=Nc1ccc(F)cc1)C(F)(F)F. The zero-order valence-electron chi connectivity index (χ0n) is 7.94. The summed E-state index contributed by atoms with van der Waals surface area (Å²) in [6.45, 7) is 0. The Morgan fingerprint density at radius 2 is 1.65 bits per heavy atom. The van der Waals surface area contributed by atoms with Crippen LogP contribution in [0.25, 0.3) is 0 Å². The van der Waals surface area contributed by atoms with Crippen molar-refractivity contribution in [3.05, 3.63) is 30.1 Å². The number of benzene rings is 1. The molecule has 0 aliphatic rings. The lowest BCUT2D eigenvalue weighted by molar-refractivity contribution is -0.0435. The zero-order chi connectivity index (χ0) is 13.1. The molecule has 17 heavy (non-hydrogen) atoms. The molecule has 0 bridgehead atoms. The van der Waals surface area contributed by atoms with E-state index >= 15 is 0 Å². The minimum atomic E-state index is -5.63. The van der Waals surface area contributed by atoms with Gasteiger partial charge in [0.05, 0.1) is 5.69 Å². The Hall–Kier alpha value is -1.73. The first-order valence-electron chi connectivity index (χ1n) is 3.97. The van der Waals surface area contributed by atoms with Crippen LogP contribution in [0.15, 0.2) is 33.7 Å². The van der Waals surface area contributed by atoms with Crippen molar-refractivity contribution in [2.24, 2.45) is 9.39 Å². The summed E-state index contributed by atoms with van der Waals surface area (Å²) in [6, 6.07) is 5.63. The highest BCUT2D eigenvalue weighted by molar-refractivity contribution is 7.91. The van der Waals surface area contributed by atoms with E-state index in [9.17, 15) is 26.0 Å². The van der Waals surface area contributed by atoms with Crippen LogP contribution < -0.4 is 0 Å². The van der Waals surface area contributed by atoms with Gasteiger partial charge in [-0.15, -0.1) is 0 Å². The number of alkyl halides is 3. The van der Waals surface area contributed by atoms with Crippen molar-refractivity contribution in [1.29, 1.82) is 0 Å². The second-order valence-corrected chi connectivity index (χ2v) is 4.30. The van der Waals surface area contributed by atoms with Gasteiger partial charge in [0.15, 0.2) is 0 Å². The molecule has 4 nitrogen and oxygen atoms in total. The summed E-state index contributed by atoms with van der Waals surface area (Å²) in [7, 11) is -5.63. The van der Waals surface area contributed by atoms with Gasteiger partial charge in [0, 0.05) is 0 Å². The number of halogens is 4. The maximum atomic E-state index is 12.4. The molecular formula is C8H4F4N2O2S. The first kappa shape index (κ1) is 13.3. The lowest BCUT2D eigenvalue weighted by Crippen LogP contribution is -2.20. The molecule has 92 valence electrons. The molecule has 9 heteroatoms. The standard InChI is InChI=1S/C8H4F4N2O2S/c9-6-1-3-7(4-2-6)13-5-14-17(15,16)8(10,11)12/h1-4H. The van der Waals surface area contributed by atoms with Gasteiger partial charge in [-0.25, -0.2) is 4.39 Å². The summed E-state index contributed by atoms with van der Waals surface area (Å²) in [5.41, 5.74) is -5.47. The summed E-state index contributed by atoms with van der Waals surface area (Å²) in [5, 5.41) is 0. The number of hydrogen-bond acceptors (Lipinski definition) is 3. The Morgan fingerprint density at radius 1 is 1.12 bits per heavy atom. The Labute approximate surface area is 93.4 Å². The highest BCUT2D eigenvalue weighted by Crippen LogP contribution is 2.24. The molecule has 0 radical (unpaired) electrons. The molecule has 0 N–H and O–H groups in total. The topological polar surface area (TPSA) is 58.9 Å². The average molecular weight is 268 g/mol. The van der Waals surface area contributed by atoms with Crippen molar-refractivity contribution in [2.75, 3.05) is 0 Å². The molecule has 0 spiro atoms. The van der Waals surface area contributed by atoms with Crippen LogP contribution in [-0.2, 0) is 10.0 Å². The molecule has 0 amide bonds. The van der Waals surface area contributed by atoms with Gasteiger partial charge in [-0.3, -0.25) is 0 Å². The van der Waals surface area contributed by atoms with Gasteiger partial charge in [-0.2, -0.15) is 26.6 Å². The molecule has 1 rings (SSSR count). The summed E-state index contributed by atoms with van der Waals surface area (Å²) in [4.78, 5) is 3.18. The fourth-order valence-corrected chi connectivity index (χ4v) is 0.951. The molecular weight excluding hydrogens is 264 g/mol. The van der Waals surface area contributed by atoms with E-state index in [2.05, 4.69) is 9.39 Å². The third-order valence-electron chi connectivity index (χ3n) is 1.46. The molecule has 0 aromatic heterocycles. The van der Waals surface area contributed by atoms with Crippen molar-refractivity contribution in [3.63, 3.8) is 0 Å². The van der Waals surface area contributed by atoms with Gasteiger partial charge in [0.1, 0.15) is 11.8 Å². The quantitative estimate of drug-likeness (QED) is 0.611. The summed E-state index contributed by atoms with van der Waals surface area (Å²) >= 11 is 0. The summed E-state index contributed by atoms with van der Waals surface area (Å²) < 4.78 is 70.8. The van der Waals surface area contributed by atoms with Gasteiger partial charge in [0.2, 0.25) is 0 Å². The van der Waals surface area contributed by atoms with E-state index in [4.69, 9.17) is 0 Å². The van der Waals surface area contributed by atoms with Gasteiger partial charge in [-0.1, -0.05) is 4.40 Å². The maximum absolute atomic E-state index is 12.4. The Kier molecular flexibility index (Phi) is 3.64. The van der Waals surface area contributed by atoms with Gasteiger partial charge >= 0.3 is 15.5 Å². The van der Waals surface area contributed by atoms with Crippen molar-refractivity contribution in [3.8, 4) is 0 Å². The summed E-state index contributed by atoms with van der Waals surface area (Å²) in [6.07, 6.45) is 0. The second kappa shape index (κ2) is 4.64. The number of rotatable bonds is 2. The van der Waals surface area contributed by atoms with Gasteiger partial charge in [0.25, 0.3) is 0 Å². The van der Waals surface area contributed by atoms with Crippen molar-refractivity contribution < 1.29 is 26.0 Å². The van der Waals surface area contributed by atoms with Crippen LogP contribution in [0.3, 0.4) is 0 Å². The monoisotopic (exact) mass is 268 g/mol. The molecule has 0 atom stereocenters. The van der Waals surface area contributed by atoms with Crippen LogP contribution in [0, 0.1) is 5.82 Å². The van der Waals surface area contributed by atoms with Crippen molar-refractivity contribution in [2.45, 2.75) is 5.51 Å². The normalized spacial score (nSPS) is 11.8. The number of nitrogens with zero attached hydrogens (tertiary/aromatic N) is 2. The minimum Gasteiger partial charge on any atom is -0.207 e. The molecule has 0 fully saturated rings. The molecule has 0 heterocycles. The molecule has 0 saturated heterocycles. The van der Waals surface area contributed by atoms with Crippen LogP contribution in [-0.4, -0.2) is 19.9 Å². The lowest BCUT2D eigenvalue weighted by atomic mass is 10.3. The Balaban J connectivity index is 2.96. The smallest absolute Gasteiger partial charge is 0.207 e. The number of sulfonamides is 1.